The Morgan fingerprint density at radius 3 is 2.67 bits per heavy atom. The Labute approximate surface area is 96.6 Å². The number of halogens is 1. The van der Waals surface area contributed by atoms with Crippen molar-refractivity contribution in [3.05, 3.63) is 48.6 Å². The summed E-state index contributed by atoms with van der Waals surface area (Å²) in [7, 11) is 0. The molecule has 0 bridgehead atoms. The van der Waals surface area contributed by atoms with Crippen LogP contribution in [0.2, 0.25) is 0 Å². The molecule has 0 fully saturated rings. The molecule has 0 saturated carbocycles. The van der Waals surface area contributed by atoms with Crippen LogP contribution in [-0.2, 0) is 6.42 Å². The quantitative estimate of drug-likeness (QED) is 0.334. The molecule has 0 aliphatic heterocycles. The minimum absolute atomic E-state index is 0. The fourth-order valence-corrected chi connectivity index (χ4v) is 0.844. The molecule has 1 aromatic rings. The van der Waals surface area contributed by atoms with Gasteiger partial charge in [0.1, 0.15) is 0 Å². The summed E-state index contributed by atoms with van der Waals surface area (Å²) in [5.41, 5.74) is 1.27. The van der Waals surface area contributed by atoms with Gasteiger partial charge >= 0.3 is 23.1 Å². The number of benzene rings is 1. The largest absolute Gasteiger partial charge is 2.00 e. The van der Waals surface area contributed by atoms with Gasteiger partial charge in [-0.1, -0.05) is 6.08 Å². The van der Waals surface area contributed by atoms with Crippen molar-refractivity contribution in [1.82, 2.24) is 0 Å². The van der Waals surface area contributed by atoms with Gasteiger partial charge < -0.3 is 12.4 Å². The Bertz CT molecular complexity index is 196. The first-order chi connectivity index (χ1) is 4.93. The standard InChI is InChI=1S/C10H11.ClH.Mg/c1-2-3-7-10-8-5-4-6-9-10;;/h2,4-6,8H,1,3,7H2;1H;/q-1;;+2/p-1. The smallest absolute Gasteiger partial charge is 1.00 e. The maximum Gasteiger partial charge on any atom is 2.00 e. The Morgan fingerprint density at radius 2 is 2.17 bits per heavy atom. The van der Waals surface area contributed by atoms with Crippen molar-refractivity contribution < 1.29 is 12.4 Å². The summed E-state index contributed by atoms with van der Waals surface area (Å²) in [5, 5.41) is 0. The molecule has 0 aliphatic rings. The van der Waals surface area contributed by atoms with Crippen LogP contribution in [0.3, 0.4) is 0 Å². The third-order valence-corrected chi connectivity index (χ3v) is 1.39. The first-order valence-electron chi connectivity index (χ1n) is 3.50. The molecule has 60 valence electrons. The minimum atomic E-state index is 0. The molecule has 0 radical (unpaired) electrons. The molecule has 0 aliphatic carbocycles. The third kappa shape index (κ3) is 5.64. The minimum Gasteiger partial charge on any atom is -1.00 e. The number of hydrogen-bond donors (Lipinski definition) is 0. The molecule has 0 aromatic heterocycles. The van der Waals surface area contributed by atoms with Gasteiger partial charge in [0.15, 0.2) is 0 Å². The summed E-state index contributed by atoms with van der Waals surface area (Å²) in [6.07, 6.45) is 4.03. The van der Waals surface area contributed by atoms with Gasteiger partial charge in [0.2, 0.25) is 0 Å². The van der Waals surface area contributed by atoms with E-state index in [1.54, 1.807) is 0 Å². The number of aryl methyl sites for hydroxylation is 1. The Hall–Kier alpha value is 0.0162. The zero-order chi connectivity index (χ0) is 7.23. The zero-order valence-corrected chi connectivity index (χ0v) is 9.26. The van der Waals surface area contributed by atoms with E-state index in [1.165, 1.54) is 5.56 Å². The molecule has 0 N–H and O–H groups in total. The second-order valence-corrected chi connectivity index (χ2v) is 2.22. The predicted octanol–water partition coefficient (Wildman–Crippen LogP) is -0.771. The van der Waals surface area contributed by atoms with Crippen molar-refractivity contribution >= 4 is 23.1 Å². The topological polar surface area (TPSA) is 0 Å². The second-order valence-electron chi connectivity index (χ2n) is 2.22. The van der Waals surface area contributed by atoms with Gasteiger partial charge in [-0.3, -0.25) is 0 Å². The SMILES string of the molecule is C=CCCc1[c-]cccc1.[Cl-].[Mg+2]. The summed E-state index contributed by atoms with van der Waals surface area (Å²) < 4.78 is 0. The number of rotatable bonds is 3. The van der Waals surface area contributed by atoms with Gasteiger partial charge in [-0.15, -0.1) is 6.58 Å². The first-order valence-corrected chi connectivity index (χ1v) is 3.50. The van der Waals surface area contributed by atoms with Crippen LogP contribution in [0.15, 0.2) is 36.9 Å². The van der Waals surface area contributed by atoms with Crippen molar-refractivity contribution in [1.29, 1.82) is 0 Å². The van der Waals surface area contributed by atoms with E-state index in [0.29, 0.717) is 0 Å². The first kappa shape index (κ1) is 14.5. The molecular weight excluding hydrogens is 180 g/mol. The second kappa shape index (κ2) is 9.11. The van der Waals surface area contributed by atoms with Crippen molar-refractivity contribution in [3.8, 4) is 0 Å². The van der Waals surface area contributed by atoms with Crippen molar-refractivity contribution in [2.75, 3.05) is 0 Å². The summed E-state index contributed by atoms with van der Waals surface area (Å²) in [5.74, 6) is 0. The third-order valence-electron chi connectivity index (χ3n) is 1.39. The molecule has 0 spiro atoms. The maximum absolute atomic E-state index is 3.66. The van der Waals surface area contributed by atoms with Gasteiger partial charge in [-0.2, -0.15) is 35.9 Å². The van der Waals surface area contributed by atoms with E-state index >= 15 is 0 Å². The molecular formula is C10H11ClMg. The van der Waals surface area contributed by atoms with Gasteiger partial charge in [-0.05, 0) is 12.8 Å². The fourth-order valence-electron chi connectivity index (χ4n) is 0.844. The van der Waals surface area contributed by atoms with Crippen LogP contribution in [-0.4, -0.2) is 23.1 Å². The number of hydrogen-bond acceptors (Lipinski definition) is 0. The summed E-state index contributed by atoms with van der Waals surface area (Å²) in [6.45, 7) is 3.66. The molecule has 0 heterocycles. The van der Waals surface area contributed by atoms with Crippen molar-refractivity contribution in [2.45, 2.75) is 12.8 Å². The van der Waals surface area contributed by atoms with Crippen LogP contribution >= 0.6 is 0 Å². The molecule has 0 atom stereocenters. The zero-order valence-electron chi connectivity index (χ0n) is 7.09. The van der Waals surface area contributed by atoms with Crippen LogP contribution in [0.25, 0.3) is 0 Å². The van der Waals surface area contributed by atoms with Gasteiger partial charge in [0, 0.05) is 0 Å². The summed E-state index contributed by atoms with van der Waals surface area (Å²) in [4.78, 5) is 0. The van der Waals surface area contributed by atoms with E-state index < -0.39 is 0 Å². The van der Waals surface area contributed by atoms with Crippen LogP contribution in [0.5, 0.6) is 0 Å². The molecule has 0 saturated heterocycles. The number of allylic oxidation sites excluding steroid dienone is 1. The van der Waals surface area contributed by atoms with E-state index in [-0.39, 0.29) is 35.5 Å². The van der Waals surface area contributed by atoms with Crippen LogP contribution in [0, 0.1) is 6.07 Å². The van der Waals surface area contributed by atoms with E-state index in [1.807, 2.05) is 24.3 Å². The Morgan fingerprint density at radius 1 is 1.42 bits per heavy atom. The van der Waals surface area contributed by atoms with E-state index in [4.69, 9.17) is 0 Å². The van der Waals surface area contributed by atoms with Gasteiger partial charge in [-0.25, -0.2) is 0 Å². The molecule has 0 nitrogen and oxygen atoms in total. The molecule has 1 aromatic carbocycles. The Kier molecular flexibility index (Phi) is 11.0. The fraction of sp³-hybridized carbons (Fsp3) is 0.200. The average Bonchev–Trinajstić information content (AvgIpc) is 2.03. The van der Waals surface area contributed by atoms with Crippen molar-refractivity contribution in [2.24, 2.45) is 0 Å². The normalized spacial score (nSPS) is 7.67. The van der Waals surface area contributed by atoms with E-state index in [9.17, 15) is 0 Å². The molecule has 0 amide bonds. The monoisotopic (exact) mass is 190 g/mol. The average molecular weight is 191 g/mol. The molecule has 1 rings (SSSR count). The van der Waals surface area contributed by atoms with Crippen LogP contribution in [0.4, 0.5) is 0 Å². The maximum atomic E-state index is 3.66. The Balaban J connectivity index is 0. The van der Waals surface area contributed by atoms with E-state index in [0.717, 1.165) is 12.8 Å². The van der Waals surface area contributed by atoms with Gasteiger partial charge in [0.25, 0.3) is 0 Å². The van der Waals surface area contributed by atoms with E-state index in [2.05, 4.69) is 18.7 Å². The van der Waals surface area contributed by atoms with Gasteiger partial charge in [0.05, 0.1) is 0 Å². The summed E-state index contributed by atoms with van der Waals surface area (Å²) in [6, 6.07) is 11.2. The van der Waals surface area contributed by atoms with Crippen LogP contribution < -0.4 is 12.4 Å². The molecule has 12 heavy (non-hydrogen) atoms. The molecule has 0 unspecified atom stereocenters. The predicted molar refractivity (Wildman–Crippen MR) is 49.6 cm³/mol. The summed E-state index contributed by atoms with van der Waals surface area (Å²) >= 11 is 0. The van der Waals surface area contributed by atoms with Crippen LogP contribution in [0.1, 0.15) is 12.0 Å². The molecule has 2 heteroatoms. The van der Waals surface area contributed by atoms with Crippen molar-refractivity contribution in [3.63, 3.8) is 0 Å².